The molecule has 13 heteroatoms. The minimum Gasteiger partial charge on any atom is -0.744 e. The second-order valence-corrected chi connectivity index (χ2v) is 10.4. The van der Waals surface area contributed by atoms with Gasteiger partial charge in [-0.1, -0.05) is 66.7 Å². The smallest absolute Gasteiger partial charge is 0.744 e. The monoisotopic (exact) mass is 534 g/mol. The maximum Gasteiger partial charge on any atom is 1.00 e. The first-order valence-electron chi connectivity index (χ1n) is 7.64. The average molecular weight is 535 g/mol. The van der Waals surface area contributed by atoms with E-state index < -0.39 is 37.9 Å². The Morgan fingerprint density at radius 1 is 0.548 bits per heavy atom. The second kappa shape index (κ2) is 14.5. The molecule has 0 saturated heterocycles. The van der Waals surface area contributed by atoms with E-state index in [0.29, 0.717) is 5.30 Å². The zero-order valence-corrected chi connectivity index (χ0v) is 25.5. The van der Waals surface area contributed by atoms with E-state index in [9.17, 15) is 25.9 Å². The Bertz CT molecular complexity index is 1110. The fourth-order valence-electron chi connectivity index (χ4n) is 2.69. The predicted octanol–water partition coefficient (Wildman–Crippen LogP) is -6.39. The van der Waals surface area contributed by atoms with Gasteiger partial charge in [-0.2, -0.15) is 0 Å². The quantitative estimate of drug-likeness (QED) is 0.178. The molecule has 0 radical (unpaired) electrons. The molecule has 4 N–H and O–H groups in total. The summed E-state index contributed by atoms with van der Waals surface area (Å²) < 4.78 is 70.7. The molecule has 8 nitrogen and oxygen atoms in total. The molecule has 0 bridgehead atoms. The van der Waals surface area contributed by atoms with Gasteiger partial charge in [0.05, 0.1) is 9.79 Å². The molecule has 0 atom stereocenters. The molecule has 0 aromatic heterocycles. The van der Waals surface area contributed by atoms with Gasteiger partial charge in [0.2, 0.25) is 0 Å². The van der Waals surface area contributed by atoms with Gasteiger partial charge in [-0.25, -0.2) is 16.8 Å². The van der Waals surface area contributed by atoms with Crippen molar-refractivity contribution in [1.29, 1.82) is 0 Å². The largest absolute Gasteiger partial charge is 1.00 e. The van der Waals surface area contributed by atoms with Crippen LogP contribution < -0.4 is 119 Å². The van der Waals surface area contributed by atoms with Crippen LogP contribution in [0.5, 0.6) is 0 Å². The van der Waals surface area contributed by atoms with Gasteiger partial charge in [0.1, 0.15) is 20.2 Å². The van der Waals surface area contributed by atoms with E-state index in [0.717, 1.165) is 0 Å². The Hall–Kier alpha value is 1.10. The zero-order valence-electron chi connectivity index (χ0n) is 16.7. The van der Waals surface area contributed by atoms with Gasteiger partial charge in [0.15, 0.2) is 0 Å². The van der Waals surface area contributed by atoms with E-state index in [1.807, 2.05) is 0 Å². The molecule has 0 aliphatic rings. The first kappa shape index (κ1) is 34.3. The Balaban J connectivity index is 0. The summed E-state index contributed by atoms with van der Waals surface area (Å²) in [6.45, 7) is 0. The molecule has 0 aliphatic heterocycles. The SMILES string of the molecule is O.O.O=S(=O)([O-])c1ccccc1P(c1ccccc1)c1ccccc1S(=O)(=O)[O-].[K+].[K+]. The molecule has 31 heavy (non-hydrogen) atoms. The van der Waals surface area contributed by atoms with Crippen LogP contribution in [0.15, 0.2) is 88.7 Å². The molecule has 3 aromatic rings. The maximum atomic E-state index is 11.8. The number of hydrogen-bond donors (Lipinski definition) is 0. The van der Waals surface area contributed by atoms with Crippen LogP contribution in [-0.4, -0.2) is 36.9 Å². The molecule has 156 valence electrons. The van der Waals surface area contributed by atoms with Crippen molar-refractivity contribution in [3.8, 4) is 0 Å². The summed E-state index contributed by atoms with van der Waals surface area (Å²) in [6, 6.07) is 19.9. The minimum atomic E-state index is -4.80. The van der Waals surface area contributed by atoms with Crippen LogP contribution in [0.25, 0.3) is 0 Å². The Kier molecular flexibility index (Phi) is 16.0. The topological polar surface area (TPSA) is 177 Å². The second-order valence-electron chi connectivity index (χ2n) is 5.51. The van der Waals surface area contributed by atoms with Crippen LogP contribution in [-0.2, 0) is 20.2 Å². The van der Waals surface area contributed by atoms with Crippen molar-refractivity contribution in [2.75, 3.05) is 0 Å². The third-order valence-electron chi connectivity index (χ3n) is 3.77. The van der Waals surface area contributed by atoms with Crippen LogP contribution >= 0.6 is 7.92 Å². The van der Waals surface area contributed by atoms with E-state index in [4.69, 9.17) is 0 Å². The zero-order chi connectivity index (χ0) is 19.7. The van der Waals surface area contributed by atoms with Crippen molar-refractivity contribution in [1.82, 2.24) is 0 Å². The van der Waals surface area contributed by atoms with Gasteiger partial charge in [-0.15, -0.1) is 0 Å². The third-order valence-corrected chi connectivity index (χ3v) is 8.42. The van der Waals surface area contributed by atoms with Gasteiger partial charge in [-0.3, -0.25) is 0 Å². The third kappa shape index (κ3) is 8.68. The molecule has 0 spiro atoms. The van der Waals surface area contributed by atoms with Gasteiger partial charge in [0, 0.05) is 10.6 Å². The normalized spacial score (nSPS) is 10.7. The minimum absolute atomic E-state index is 0. The van der Waals surface area contributed by atoms with Gasteiger partial charge >= 0.3 is 103 Å². The van der Waals surface area contributed by atoms with E-state index in [1.54, 1.807) is 42.5 Å². The van der Waals surface area contributed by atoms with Gasteiger partial charge in [-0.05, 0) is 25.4 Å². The number of benzene rings is 3. The van der Waals surface area contributed by atoms with Crippen LogP contribution in [0.1, 0.15) is 0 Å². The Morgan fingerprint density at radius 2 is 0.871 bits per heavy atom. The van der Waals surface area contributed by atoms with E-state index in [2.05, 4.69) is 0 Å². The molecular formula is C18H17K2O8PS2. The summed E-state index contributed by atoms with van der Waals surface area (Å²) in [6.07, 6.45) is 0. The summed E-state index contributed by atoms with van der Waals surface area (Å²) in [5.41, 5.74) is 0. The Labute approximate surface area is 267 Å². The molecular weight excluding hydrogens is 517 g/mol. The molecule has 0 aliphatic carbocycles. The first-order valence-corrected chi connectivity index (χ1v) is 11.8. The molecule has 0 unspecified atom stereocenters. The summed E-state index contributed by atoms with van der Waals surface area (Å²) in [5, 5.41) is 0.953. The van der Waals surface area contributed by atoms with Gasteiger partial charge < -0.3 is 20.1 Å². The van der Waals surface area contributed by atoms with Crippen LogP contribution in [0, 0.1) is 0 Å². The molecule has 0 amide bonds. The molecule has 3 aromatic carbocycles. The molecule has 0 heterocycles. The van der Waals surface area contributed by atoms with Crippen molar-refractivity contribution in [3.63, 3.8) is 0 Å². The fourth-order valence-corrected chi connectivity index (χ4v) is 7.40. The summed E-state index contributed by atoms with van der Waals surface area (Å²) in [7, 11) is -11.4. The predicted molar refractivity (Wildman–Crippen MR) is 108 cm³/mol. The van der Waals surface area contributed by atoms with Crippen LogP contribution in [0.3, 0.4) is 0 Å². The Morgan fingerprint density at radius 3 is 1.23 bits per heavy atom. The van der Waals surface area contributed by atoms with Crippen LogP contribution in [0.4, 0.5) is 0 Å². The standard InChI is InChI=1S/C18H15O6PS2.2K.2H2O/c19-26(20,21)17-12-6-4-10-15(17)25(14-8-2-1-3-9-14)16-11-5-7-13-18(16)27(22,23)24;;;;/h1-13H,(H,19,20,21)(H,22,23,24);;;2*1H2/q;2*+1;;/p-2. The molecule has 0 saturated carbocycles. The van der Waals surface area contributed by atoms with E-state index in [-0.39, 0.29) is 124 Å². The van der Waals surface area contributed by atoms with Crippen molar-refractivity contribution < 1.29 is 140 Å². The van der Waals surface area contributed by atoms with Crippen LogP contribution in [0.2, 0.25) is 0 Å². The van der Waals surface area contributed by atoms with Gasteiger partial charge in [0.25, 0.3) is 0 Å². The summed E-state index contributed by atoms with van der Waals surface area (Å²) in [4.78, 5) is -0.865. The summed E-state index contributed by atoms with van der Waals surface area (Å²) >= 11 is 0. The van der Waals surface area contributed by atoms with Crippen molar-refractivity contribution >= 4 is 44.1 Å². The molecule has 0 fully saturated rings. The van der Waals surface area contributed by atoms with Crippen molar-refractivity contribution in [3.05, 3.63) is 78.9 Å². The van der Waals surface area contributed by atoms with E-state index >= 15 is 0 Å². The van der Waals surface area contributed by atoms with Crippen molar-refractivity contribution in [2.24, 2.45) is 0 Å². The average Bonchev–Trinajstić information content (AvgIpc) is 2.62. The fraction of sp³-hybridized carbons (Fsp3) is 0. The molecule has 3 rings (SSSR count). The number of rotatable bonds is 5. The number of hydrogen-bond acceptors (Lipinski definition) is 6. The van der Waals surface area contributed by atoms with E-state index in [1.165, 1.54) is 36.4 Å². The maximum absolute atomic E-state index is 11.8. The van der Waals surface area contributed by atoms with Crippen molar-refractivity contribution in [2.45, 2.75) is 9.79 Å². The summed E-state index contributed by atoms with van der Waals surface area (Å²) in [5.74, 6) is 0. The first-order chi connectivity index (χ1) is 12.7.